The molecule has 1 aliphatic rings. The summed E-state index contributed by atoms with van der Waals surface area (Å²) in [6.07, 6.45) is 1.56. The number of carbonyl (C=O) groups excluding carboxylic acids is 1. The number of rotatable bonds is 5. The van der Waals surface area contributed by atoms with Crippen LogP contribution in [0.4, 0.5) is 0 Å². The van der Waals surface area contributed by atoms with Crippen molar-refractivity contribution in [1.82, 2.24) is 25.6 Å². The van der Waals surface area contributed by atoms with Gasteiger partial charge >= 0.3 is 0 Å². The number of aromatic nitrogens is 3. The molecule has 1 saturated heterocycles. The Bertz CT molecular complexity index is 386. The van der Waals surface area contributed by atoms with E-state index in [0.29, 0.717) is 0 Å². The minimum absolute atomic E-state index is 0.184. The minimum Gasteiger partial charge on any atom is -0.394 e. The molecule has 2 rings (SSSR count). The fourth-order valence-electron chi connectivity index (χ4n) is 1.43. The lowest BCUT2D eigenvalue weighted by Crippen LogP contribution is -2.43. The molecule has 1 fully saturated rings. The van der Waals surface area contributed by atoms with Crippen molar-refractivity contribution in [3.05, 3.63) is 11.9 Å². The van der Waals surface area contributed by atoms with Gasteiger partial charge in [-0.3, -0.25) is 4.79 Å². The number of carbonyl (C=O) groups is 1. The van der Waals surface area contributed by atoms with Crippen LogP contribution in [0, 0.1) is 0 Å². The van der Waals surface area contributed by atoms with Crippen LogP contribution < -0.4 is 10.6 Å². The topological polar surface area (TPSA) is 112 Å². The molecule has 0 atom stereocenters. The molecule has 0 spiro atoms. The van der Waals surface area contributed by atoms with E-state index in [2.05, 4.69) is 20.9 Å². The molecule has 94 valence electrons. The summed E-state index contributed by atoms with van der Waals surface area (Å²) in [5.41, 5.74) is 0.184. The predicted molar refractivity (Wildman–Crippen MR) is 57.4 cm³/mol. The van der Waals surface area contributed by atoms with Gasteiger partial charge in [0.05, 0.1) is 31.5 Å². The highest BCUT2D eigenvalue weighted by Crippen LogP contribution is 2.09. The van der Waals surface area contributed by atoms with E-state index in [1.54, 1.807) is 10.9 Å². The lowest BCUT2D eigenvalue weighted by molar-refractivity contribution is 0.0874. The molecule has 17 heavy (non-hydrogen) atoms. The van der Waals surface area contributed by atoms with E-state index in [9.17, 15) is 4.79 Å². The molecule has 1 amide bonds. The smallest absolute Gasteiger partial charge is 0.273 e. The minimum atomic E-state index is -0.669. The van der Waals surface area contributed by atoms with Crippen molar-refractivity contribution in [2.75, 3.05) is 26.3 Å². The van der Waals surface area contributed by atoms with Gasteiger partial charge in [0.2, 0.25) is 0 Å². The zero-order chi connectivity index (χ0) is 12.3. The fraction of sp³-hybridized carbons (Fsp3) is 0.667. The van der Waals surface area contributed by atoms with Gasteiger partial charge in [-0.2, -0.15) is 0 Å². The maximum Gasteiger partial charge on any atom is 0.273 e. The number of hydrogen-bond acceptors (Lipinski definition) is 6. The summed E-state index contributed by atoms with van der Waals surface area (Å²) < 4.78 is 1.64. The van der Waals surface area contributed by atoms with Crippen LogP contribution in [0.15, 0.2) is 6.20 Å². The molecule has 8 nitrogen and oxygen atoms in total. The third kappa shape index (κ3) is 2.60. The van der Waals surface area contributed by atoms with Crippen LogP contribution in [0.3, 0.4) is 0 Å². The Hall–Kier alpha value is -1.51. The molecule has 0 aromatic carbocycles. The molecular weight excluding hydrogens is 226 g/mol. The van der Waals surface area contributed by atoms with Gasteiger partial charge < -0.3 is 20.8 Å². The summed E-state index contributed by atoms with van der Waals surface area (Å²) in [6, 6.07) is -0.423. The lowest BCUT2D eigenvalue weighted by Gasteiger charge is -2.26. The van der Waals surface area contributed by atoms with Crippen LogP contribution in [0.1, 0.15) is 16.5 Å². The van der Waals surface area contributed by atoms with Crippen molar-refractivity contribution in [2.24, 2.45) is 0 Å². The summed E-state index contributed by atoms with van der Waals surface area (Å²) >= 11 is 0. The zero-order valence-electron chi connectivity index (χ0n) is 9.20. The first-order valence-corrected chi connectivity index (χ1v) is 5.39. The predicted octanol–water partition coefficient (Wildman–Crippen LogP) is -2.49. The molecule has 2 heterocycles. The number of nitrogens with one attached hydrogen (secondary N) is 2. The third-order valence-corrected chi connectivity index (χ3v) is 2.65. The molecule has 0 unspecified atom stereocenters. The van der Waals surface area contributed by atoms with Gasteiger partial charge in [0.15, 0.2) is 5.69 Å². The van der Waals surface area contributed by atoms with E-state index in [1.807, 2.05) is 0 Å². The maximum absolute atomic E-state index is 11.7. The zero-order valence-corrected chi connectivity index (χ0v) is 9.20. The Labute approximate surface area is 97.6 Å². The molecule has 8 heteroatoms. The van der Waals surface area contributed by atoms with Crippen LogP contribution in [-0.4, -0.2) is 63.5 Å². The molecule has 0 saturated carbocycles. The monoisotopic (exact) mass is 241 g/mol. The highest BCUT2D eigenvalue weighted by molar-refractivity contribution is 5.92. The van der Waals surface area contributed by atoms with Gasteiger partial charge in [-0.05, 0) is 0 Å². The molecule has 4 N–H and O–H groups in total. The van der Waals surface area contributed by atoms with E-state index in [-0.39, 0.29) is 24.9 Å². The Morgan fingerprint density at radius 3 is 2.82 bits per heavy atom. The Kier molecular flexibility index (Phi) is 3.67. The van der Waals surface area contributed by atoms with Crippen molar-refractivity contribution in [3.63, 3.8) is 0 Å². The van der Waals surface area contributed by atoms with Gasteiger partial charge in [0.25, 0.3) is 5.91 Å². The van der Waals surface area contributed by atoms with Crippen LogP contribution in [0.25, 0.3) is 0 Å². The van der Waals surface area contributed by atoms with Crippen molar-refractivity contribution in [1.29, 1.82) is 0 Å². The first-order chi connectivity index (χ1) is 8.24. The van der Waals surface area contributed by atoms with E-state index in [0.717, 1.165) is 13.1 Å². The number of hydrogen-bond donors (Lipinski definition) is 4. The summed E-state index contributed by atoms with van der Waals surface area (Å²) in [5.74, 6) is -0.448. The van der Waals surface area contributed by atoms with Crippen LogP contribution in [-0.2, 0) is 0 Å². The second-order valence-corrected chi connectivity index (χ2v) is 3.93. The average Bonchev–Trinajstić information content (AvgIpc) is 2.72. The molecular formula is C9H15N5O3. The van der Waals surface area contributed by atoms with Gasteiger partial charge in [0.1, 0.15) is 0 Å². The van der Waals surface area contributed by atoms with E-state index >= 15 is 0 Å². The number of aliphatic hydroxyl groups is 2. The number of nitrogens with zero attached hydrogens (tertiary/aromatic N) is 3. The van der Waals surface area contributed by atoms with Gasteiger partial charge in [-0.1, -0.05) is 5.21 Å². The molecule has 0 aliphatic carbocycles. The third-order valence-electron chi connectivity index (χ3n) is 2.65. The maximum atomic E-state index is 11.7. The van der Waals surface area contributed by atoms with E-state index in [1.165, 1.54) is 0 Å². The highest BCUT2D eigenvalue weighted by atomic mass is 16.3. The highest BCUT2D eigenvalue weighted by Gasteiger charge is 2.22. The van der Waals surface area contributed by atoms with Gasteiger partial charge in [0, 0.05) is 13.1 Å². The molecule has 1 aromatic heterocycles. The summed E-state index contributed by atoms with van der Waals surface area (Å²) in [4.78, 5) is 11.7. The van der Waals surface area contributed by atoms with Crippen LogP contribution in [0.2, 0.25) is 0 Å². The molecule has 0 bridgehead atoms. The second kappa shape index (κ2) is 5.21. The summed E-state index contributed by atoms with van der Waals surface area (Å²) in [6.45, 7) is 1.01. The van der Waals surface area contributed by atoms with Crippen LogP contribution >= 0.6 is 0 Å². The summed E-state index contributed by atoms with van der Waals surface area (Å²) in [5, 5.41) is 30.8. The quantitative estimate of drug-likeness (QED) is 0.453. The second-order valence-electron chi connectivity index (χ2n) is 3.93. The molecule has 1 aliphatic heterocycles. The van der Waals surface area contributed by atoms with Gasteiger partial charge in [-0.25, -0.2) is 4.68 Å². The van der Waals surface area contributed by atoms with Crippen LogP contribution in [0.5, 0.6) is 0 Å². The van der Waals surface area contributed by atoms with Crippen molar-refractivity contribution >= 4 is 5.91 Å². The summed E-state index contributed by atoms with van der Waals surface area (Å²) in [7, 11) is 0. The average molecular weight is 241 g/mol. The van der Waals surface area contributed by atoms with Crippen molar-refractivity contribution < 1.29 is 15.0 Å². The van der Waals surface area contributed by atoms with E-state index in [4.69, 9.17) is 10.2 Å². The first-order valence-electron chi connectivity index (χ1n) is 5.39. The normalized spacial score (nSPS) is 15.9. The van der Waals surface area contributed by atoms with Crippen molar-refractivity contribution in [2.45, 2.75) is 12.1 Å². The Morgan fingerprint density at radius 2 is 2.29 bits per heavy atom. The standard InChI is InChI=1S/C9H15N5O3/c15-4-6(5-16)11-9(17)8-3-14(13-12-8)7-1-10-2-7/h3,6-7,10,15-16H,1-2,4-5H2,(H,11,17). The SMILES string of the molecule is O=C(NC(CO)CO)c1cn(C2CNC2)nn1. The largest absolute Gasteiger partial charge is 0.394 e. The molecule has 0 radical (unpaired) electrons. The fourth-order valence-corrected chi connectivity index (χ4v) is 1.43. The van der Waals surface area contributed by atoms with Crippen molar-refractivity contribution in [3.8, 4) is 0 Å². The number of aliphatic hydroxyl groups excluding tert-OH is 2. The molecule has 1 aromatic rings. The Balaban J connectivity index is 1.96. The Morgan fingerprint density at radius 1 is 1.59 bits per heavy atom. The van der Waals surface area contributed by atoms with Gasteiger partial charge in [-0.15, -0.1) is 5.10 Å². The first kappa shape index (κ1) is 12.0. The number of amides is 1. The van der Waals surface area contributed by atoms with E-state index < -0.39 is 11.9 Å². The lowest BCUT2D eigenvalue weighted by atomic mass is 10.2.